The summed E-state index contributed by atoms with van der Waals surface area (Å²) in [5, 5.41) is 2.40. The van der Waals surface area contributed by atoms with Gasteiger partial charge in [-0.25, -0.2) is 4.79 Å². The van der Waals surface area contributed by atoms with Crippen molar-refractivity contribution in [2.75, 3.05) is 27.7 Å². The molecule has 1 rings (SSSR count). The maximum absolute atomic E-state index is 13.2. The number of unbranched alkanes of at least 4 members (excludes halogenated alkanes) is 1. The summed E-state index contributed by atoms with van der Waals surface area (Å²) in [5.41, 5.74) is -0.675. The first-order valence-corrected chi connectivity index (χ1v) is 9.26. The highest BCUT2D eigenvalue weighted by Gasteiger charge is 2.43. The molecule has 0 aliphatic heterocycles. The summed E-state index contributed by atoms with van der Waals surface area (Å²) in [6.45, 7) is 1.70. The van der Waals surface area contributed by atoms with E-state index >= 15 is 0 Å². The van der Waals surface area contributed by atoms with E-state index in [9.17, 15) is 18.0 Å². The number of likely N-dealkylation sites (N-methyl/N-ethyl adjacent to an activating group) is 1. The van der Waals surface area contributed by atoms with Gasteiger partial charge in [0.2, 0.25) is 5.91 Å². The number of nitrogens with one attached hydrogen (secondary N) is 1. The zero-order valence-corrected chi connectivity index (χ0v) is 16.3. The predicted molar refractivity (Wildman–Crippen MR) is 97.6 cm³/mol. The van der Waals surface area contributed by atoms with Crippen LogP contribution in [-0.2, 0) is 20.7 Å². The molecule has 1 unspecified atom stereocenters. The second-order valence-corrected chi connectivity index (χ2v) is 6.53. The Balaban J connectivity index is 3.53. The minimum Gasteiger partial charge on any atom is -0.497 e. The van der Waals surface area contributed by atoms with Gasteiger partial charge in [-0.1, -0.05) is 31.9 Å². The lowest BCUT2D eigenvalue weighted by Gasteiger charge is -2.34. The summed E-state index contributed by atoms with van der Waals surface area (Å²) in [6.07, 6.45) is 1.83. The Bertz CT molecular complexity index is 753. The lowest BCUT2D eigenvalue weighted by molar-refractivity contribution is -0.133. The van der Waals surface area contributed by atoms with E-state index in [4.69, 9.17) is 4.74 Å². The van der Waals surface area contributed by atoms with Gasteiger partial charge in [0.15, 0.2) is 0 Å². The molecule has 26 heavy (non-hydrogen) atoms. The number of benzene rings is 1. The third kappa shape index (κ3) is 5.04. The number of carbonyl (C=O) groups excluding carboxylic acids is 2. The first-order valence-electron chi connectivity index (χ1n) is 8.23. The van der Waals surface area contributed by atoms with Crippen molar-refractivity contribution in [3.63, 3.8) is 0 Å². The molecule has 0 spiro atoms. The maximum atomic E-state index is 13.2. The topological polar surface area (TPSA) is 105 Å². The van der Waals surface area contributed by atoms with Gasteiger partial charge < -0.3 is 10.1 Å². The number of nitrogens with zero attached hydrogens (tertiary/aromatic N) is 2. The second kappa shape index (κ2) is 9.91. The van der Waals surface area contributed by atoms with Crippen molar-refractivity contribution in [3.05, 3.63) is 29.8 Å². The van der Waals surface area contributed by atoms with Crippen molar-refractivity contribution in [3.8, 4) is 5.75 Å². The van der Waals surface area contributed by atoms with Gasteiger partial charge in [-0.2, -0.15) is 12.8 Å². The molecule has 0 aromatic heterocycles. The molecule has 3 amide bonds. The van der Waals surface area contributed by atoms with Crippen LogP contribution >= 0.6 is 0 Å². The van der Waals surface area contributed by atoms with Gasteiger partial charge in [0, 0.05) is 14.1 Å². The Labute approximate surface area is 155 Å². The fourth-order valence-corrected chi connectivity index (χ4v) is 3.07. The molecule has 0 radical (unpaired) electrons. The first-order chi connectivity index (χ1) is 12.3. The summed E-state index contributed by atoms with van der Waals surface area (Å²) in [4.78, 5) is 26.1. The number of hydrogen-bond donors (Lipinski definition) is 1. The van der Waals surface area contributed by atoms with Crippen LogP contribution in [0.4, 0.5) is 4.79 Å². The molecule has 1 N–H and O–H groups in total. The van der Waals surface area contributed by atoms with Crippen LogP contribution in [0.5, 0.6) is 5.75 Å². The predicted octanol–water partition coefficient (Wildman–Crippen LogP) is 1.98. The fourth-order valence-electron chi connectivity index (χ4n) is 2.75. The third-order valence-corrected chi connectivity index (χ3v) is 4.61. The Morgan fingerprint density at radius 2 is 1.88 bits per heavy atom. The number of rotatable bonds is 8. The van der Waals surface area contributed by atoms with Crippen LogP contribution in [0.3, 0.4) is 0 Å². The third-order valence-electron chi connectivity index (χ3n) is 4.27. The molecule has 0 heterocycles. The average molecular weight is 383 g/mol. The van der Waals surface area contributed by atoms with Crippen molar-refractivity contribution in [2.45, 2.75) is 31.6 Å². The van der Waals surface area contributed by atoms with Crippen molar-refractivity contribution in [2.24, 2.45) is 4.36 Å². The fraction of sp³-hybridized carbons (Fsp3) is 0.529. The molecule has 0 saturated heterocycles. The van der Waals surface area contributed by atoms with Crippen LogP contribution in [0.15, 0.2) is 28.6 Å². The van der Waals surface area contributed by atoms with Gasteiger partial charge in [-0.3, -0.25) is 9.69 Å². The molecule has 9 heteroatoms. The van der Waals surface area contributed by atoms with E-state index in [-0.39, 0.29) is 6.54 Å². The van der Waals surface area contributed by atoms with Crippen molar-refractivity contribution in [1.29, 1.82) is 0 Å². The van der Waals surface area contributed by atoms with Gasteiger partial charge in [0.25, 0.3) is 0 Å². The Hall–Kier alpha value is -2.42. The second-order valence-electron chi connectivity index (χ2n) is 5.84. The van der Waals surface area contributed by atoms with Crippen LogP contribution in [-0.4, -0.2) is 53.0 Å². The van der Waals surface area contributed by atoms with Crippen molar-refractivity contribution < 1.29 is 22.7 Å². The summed E-state index contributed by atoms with van der Waals surface area (Å²) >= 11 is 0. The van der Waals surface area contributed by atoms with E-state index in [2.05, 4.69) is 9.68 Å². The lowest BCUT2D eigenvalue weighted by atomic mass is 9.75. The van der Waals surface area contributed by atoms with Crippen LogP contribution in [0.25, 0.3) is 0 Å². The van der Waals surface area contributed by atoms with Gasteiger partial charge in [0.1, 0.15) is 5.75 Å². The lowest BCUT2D eigenvalue weighted by Crippen LogP contribution is -2.51. The van der Waals surface area contributed by atoms with E-state index in [0.717, 1.165) is 11.3 Å². The summed E-state index contributed by atoms with van der Waals surface area (Å²) in [6, 6.07) is 6.21. The van der Waals surface area contributed by atoms with E-state index in [1.54, 1.807) is 24.3 Å². The van der Waals surface area contributed by atoms with Gasteiger partial charge in [-0.05, 0) is 24.1 Å². The number of carbonyl (C=O) groups is 2. The Morgan fingerprint density at radius 1 is 1.27 bits per heavy atom. The molecule has 1 aromatic rings. The van der Waals surface area contributed by atoms with Crippen LogP contribution in [0, 0.1) is 0 Å². The minimum absolute atomic E-state index is 0.268. The molecular formula is C17H25N3O5S. The molecule has 1 aromatic carbocycles. The molecule has 8 nitrogen and oxygen atoms in total. The number of imide groups is 1. The van der Waals surface area contributed by atoms with Crippen LogP contribution < -0.4 is 10.1 Å². The van der Waals surface area contributed by atoms with E-state index in [1.807, 2.05) is 6.92 Å². The monoisotopic (exact) mass is 383 g/mol. The molecule has 0 saturated carbocycles. The molecule has 144 valence electrons. The number of hydrogen-bond acceptors (Lipinski definition) is 6. The Kier molecular flexibility index (Phi) is 8.24. The number of amides is 3. The SMILES string of the molecule is CCCCC(CN=S(=O)=O)(C(=O)N(C)C(=O)NC)c1ccc(OC)cc1. The molecule has 0 aliphatic rings. The normalized spacial score (nSPS) is 12.6. The molecule has 0 aliphatic carbocycles. The van der Waals surface area contributed by atoms with Crippen molar-refractivity contribution in [1.82, 2.24) is 10.2 Å². The zero-order chi connectivity index (χ0) is 19.7. The summed E-state index contributed by atoms with van der Waals surface area (Å²) < 4.78 is 30.8. The van der Waals surface area contributed by atoms with Gasteiger partial charge >= 0.3 is 16.5 Å². The highest BCUT2D eigenvalue weighted by Crippen LogP contribution is 2.34. The summed E-state index contributed by atoms with van der Waals surface area (Å²) in [7, 11) is 1.65. The number of ether oxygens (including phenoxy) is 1. The molecule has 1 atom stereocenters. The van der Waals surface area contributed by atoms with Gasteiger partial charge in [-0.15, -0.1) is 0 Å². The quantitative estimate of drug-likeness (QED) is 0.739. The highest BCUT2D eigenvalue weighted by molar-refractivity contribution is 7.61. The molecular weight excluding hydrogens is 358 g/mol. The molecule has 0 bridgehead atoms. The first kappa shape index (κ1) is 21.6. The van der Waals surface area contributed by atoms with E-state index in [0.29, 0.717) is 24.2 Å². The molecule has 0 fully saturated rings. The van der Waals surface area contributed by atoms with Crippen molar-refractivity contribution >= 4 is 22.4 Å². The average Bonchev–Trinajstić information content (AvgIpc) is 2.66. The van der Waals surface area contributed by atoms with Crippen LogP contribution in [0.2, 0.25) is 0 Å². The number of urea groups is 1. The van der Waals surface area contributed by atoms with E-state index in [1.165, 1.54) is 21.2 Å². The largest absolute Gasteiger partial charge is 0.497 e. The van der Waals surface area contributed by atoms with E-state index < -0.39 is 27.9 Å². The smallest absolute Gasteiger partial charge is 0.323 e. The zero-order valence-electron chi connectivity index (χ0n) is 15.5. The van der Waals surface area contributed by atoms with Gasteiger partial charge in [0.05, 0.1) is 19.1 Å². The van der Waals surface area contributed by atoms with Crippen LogP contribution in [0.1, 0.15) is 31.7 Å². The highest BCUT2D eigenvalue weighted by atomic mass is 32.2. The number of methoxy groups -OCH3 is 1. The minimum atomic E-state index is -2.66. The Morgan fingerprint density at radius 3 is 2.35 bits per heavy atom. The maximum Gasteiger partial charge on any atom is 0.323 e. The summed E-state index contributed by atoms with van der Waals surface area (Å²) in [5.74, 6) is 0.0965. The standard InChI is InChI=1S/C17H25N3O5S/c1-5-6-11-17(12-19-26(23)24,15(21)20(3)16(22)18-2)13-7-9-14(25-4)10-8-13/h7-10H,5-6,11-12H2,1-4H3,(H,18,22).